The zero-order valence-corrected chi connectivity index (χ0v) is 10.2. The zero-order valence-electron chi connectivity index (χ0n) is 10.2. The van der Waals surface area contributed by atoms with Crippen molar-refractivity contribution in [1.82, 2.24) is 4.98 Å². The molecule has 0 aliphatic carbocycles. The maximum Gasteiger partial charge on any atom is 0.121 e. The van der Waals surface area contributed by atoms with Gasteiger partial charge in [-0.15, -0.1) is 0 Å². The topological polar surface area (TPSA) is 33.1 Å². The standard InChI is InChI=1S/C15H17NO/c1-3-12-8-6-10-16-14(12)15(17)13-9-5-4-7-11(13)2/h4-10,15,17H,3H2,1-2H3. The van der Waals surface area contributed by atoms with Crippen LogP contribution in [0.3, 0.4) is 0 Å². The number of hydrogen-bond donors (Lipinski definition) is 1. The summed E-state index contributed by atoms with van der Waals surface area (Å²) in [5.74, 6) is 0. The summed E-state index contributed by atoms with van der Waals surface area (Å²) in [4.78, 5) is 4.32. The van der Waals surface area contributed by atoms with Gasteiger partial charge < -0.3 is 5.11 Å². The third kappa shape index (κ3) is 2.37. The number of aryl methyl sites for hydroxylation is 2. The zero-order chi connectivity index (χ0) is 12.3. The fourth-order valence-electron chi connectivity index (χ4n) is 2.04. The highest BCUT2D eigenvalue weighted by Crippen LogP contribution is 2.25. The predicted molar refractivity (Wildman–Crippen MR) is 68.9 cm³/mol. The van der Waals surface area contributed by atoms with Crippen LogP contribution >= 0.6 is 0 Å². The van der Waals surface area contributed by atoms with Crippen molar-refractivity contribution in [2.45, 2.75) is 26.4 Å². The average Bonchev–Trinajstić information content (AvgIpc) is 2.38. The number of benzene rings is 1. The Morgan fingerprint density at radius 1 is 1.18 bits per heavy atom. The summed E-state index contributed by atoms with van der Waals surface area (Å²) < 4.78 is 0. The van der Waals surface area contributed by atoms with E-state index in [0.29, 0.717) is 0 Å². The van der Waals surface area contributed by atoms with Gasteiger partial charge in [-0.2, -0.15) is 0 Å². The van der Waals surface area contributed by atoms with Gasteiger partial charge in [-0.05, 0) is 36.1 Å². The van der Waals surface area contributed by atoms with Crippen molar-refractivity contribution in [2.24, 2.45) is 0 Å². The Labute approximate surface area is 102 Å². The predicted octanol–water partition coefficient (Wildman–Crippen LogP) is 3.03. The molecule has 0 radical (unpaired) electrons. The van der Waals surface area contributed by atoms with Crippen LogP contribution in [0.4, 0.5) is 0 Å². The Morgan fingerprint density at radius 3 is 2.65 bits per heavy atom. The van der Waals surface area contributed by atoms with Crippen molar-refractivity contribution in [3.63, 3.8) is 0 Å². The van der Waals surface area contributed by atoms with Crippen molar-refractivity contribution in [1.29, 1.82) is 0 Å². The lowest BCUT2D eigenvalue weighted by Gasteiger charge is -2.15. The molecule has 0 fully saturated rings. The maximum absolute atomic E-state index is 10.4. The van der Waals surface area contributed by atoms with Gasteiger partial charge in [-0.3, -0.25) is 4.98 Å². The number of aliphatic hydroxyl groups excluding tert-OH is 1. The number of hydrogen-bond acceptors (Lipinski definition) is 2. The third-order valence-corrected chi connectivity index (χ3v) is 3.05. The smallest absolute Gasteiger partial charge is 0.121 e. The van der Waals surface area contributed by atoms with Crippen LogP contribution in [0.2, 0.25) is 0 Å². The monoisotopic (exact) mass is 227 g/mol. The number of aromatic nitrogens is 1. The van der Waals surface area contributed by atoms with Crippen molar-refractivity contribution in [2.75, 3.05) is 0 Å². The van der Waals surface area contributed by atoms with Crippen LogP contribution in [0.15, 0.2) is 42.6 Å². The first-order valence-corrected chi connectivity index (χ1v) is 5.91. The number of nitrogens with zero attached hydrogens (tertiary/aromatic N) is 1. The molecule has 1 aromatic heterocycles. The highest BCUT2D eigenvalue weighted by atomic mass is 16.3. The molecule has 1 unspecified atom stereocenters. The van der Waals surface area contributed by atoms with Crippen LogP contribution in [0, 0.1) is 6.92 Å². The molecule has 0 spiro atoms. The molecule has 2 aromatic rings. The fourth-order valence-corrected chi connectivity index (χ4v) is 2.04. The van der Waals surface area contributed by atoms with Gasteiger partial charge in [-0.25, -0.2) is 0 Å². The molecule has 0 saturated heterocycles. The molecule has 0 amide bonds. The summed E-state index contributed by atoms with van der Waals surface area (Å²) >= 11 is 0. The van der Waals surface area contributed by atoms with Gasteiger partial charge in [0.15, 0.2) is 0 Å². The lowest BCUT2D eigenvalue weighted by molar-refractivity contribution is 0.213. The molecular formula is C15H17NO. The molecule has 0 saturated carbocycles. The van der Waals surface area contributed by atoms with Crippen LogP contribution in [-0.4, -0.2) is 10.1 Å². The highest BCUT2D eigenvalue weighted by molar-refractivity contribution is 5.35. The molecule has 2 nitrogen and oxygen atoms in total. The summed E-state index contributed by atoms with van der Waals surface area (Å²) in [7, 11) is 0. The van der Waals surface area contributed by atoms with Gasteiger partial charge in [0.25, 0.3) is 0 Å². The molecule has 1 atom stereocenters. The molecule has 1 N–H and O–H groups in total. The lowest BCUT2D eigenvalue weighted by atomic mass is 9.97. The van der Waals surface area contributed by atoms with E-state index in [-0.39, 0.29) is 0 Å². The normalized spacial score (nSPS) is 12.4. The van der Waals surface area contributed by atoms with Crippen molar-refractivity contribution in [3.8, 4) is 0 Å². The first kappa shape index (κ1) is 11.8. The summed E-state index contributed by atoms with van der Waals surface area (Å²) in [6.45, 7) is 4.08. The second kappa shape index (κ2) is 5.11. The summed E-state index contributed by atoms with van der Waals surface area (Å²) in [6, 6.07) is 11.8. The molecule has 88 valence electrons. The van der Waals surface area contributed by atoms with E-state index in [1.54, 1.807) is 6.20 Å². The van der Waals surface area contributed by atoms with E-state index in [0.717, 1.165) is 28.8 Å². The van der Waals surface area contributed by atoms with E-state index in [2.05, 4.69) is 11.9 Å². The largest absolute Gasteiger partial charge is 0.382 e. The first-order chi connectivity index (χ1) is 8.24. The van der Waals surface area contributed by atoms with Crippen LogP contribution in [0.1, 0.15) is 35.4 Å². The molecule has 0 aliphatic rings. The van der Waals surface area contributed by atoms with Crippen molar-refractivity contribution >= 4 is 0 Å². The molecule has 1 aromatic carbocycles. The van der Waals surface area contributed by atoms with Crippen molar-refractivity contribution < 1.29 is 5.11 Å². The van der Waals surface area contributed by atoms with Gasteiger partial charge in [0.05, 0.1) is 5.69 Å². The van der Waals surface area contributed by atoms with Gasteiger partial charge in [0.1, 0.15) is 6.10 Å². The lowest BCUT2D eigenvalue weighted by Crippen LogP contribution is -2.07. The minimum Gasteiger partial charge on any atom is -0.382 e. The van der Waals surface area contributed by atoms with E-state index in [1.807, 2.05) is 43.3 Å². The van der Waals surface area contributed by atoms with Gasteiger partial charge in [0, 0.05) is 6.20 Å². The van der Waals surface area contributed by atoms with Gasteiger partial charge in [0.2, 0.25) is 0 Å². The quantitative estimate of drug-likeness (QED) is 0.874. The summed E-state index contributed by atoms with van der Waals surface area (Å²) in [5.41, 5.74) is 3.89. The Morgan fingerprint density at radius 2 is 1.94 bits per heavy atom. The number of pyridine rings is 1. The first-order valence-electron chi connectivity index (χ1n) is 5.91. The molecule has 2 heteroatoms. The van der Waals surface area contributed by atoms with Gasteiger partial charge in [-0.1, -0.05) is 37.3 Å². The maximum atomic E-state index is 10.4. The Hall–Kier alpha value is -1.67. The number of rotatable bonds is 3. The number of aliphatic hydroxyl groups is 1. The second-order valence-corrected chi connectivity index (χ2v) is 4.16. The van der Waals surface area contributed by atoms with Crippen LogP contribution in [0.5, 0.6) is 0 Å². The van der Waals surface area contributed by atoms with E-state index in [9.17, 15) is 5.11 Å². The molecule has 0 bridgehead atoms. The van der Waals surface area contributed by atoms with E-state index in [4.69, 9.17) is 0 Å². The van der Waals surface area contributed by atoms with Crippen LogP contribution < -0.4 is 0 Å². The van der Waals surface area contributed by atoms with Crippen LogP contribution in [0.25, 0.3) is 0 Å². The van der Waals surface area contributed by atoms with E-state index < -0.39 is 6.10 Å². The molecule has 2 rings (SSSR count). The fraction of sp³-hybridized carbons (Fsp3) is 0.267. The second-order valence-electron chi connectivity index (χ2n) is 4.16. The summed E-state index contributed by atoms with van der Waals surface area (Å²) in [6.07, 6.45) is 1.98. The van der Waals surface area contributed by atoms with Gasteiger partial charge >= 0.3 is 0 Å². The molecule has 0 aliphatic heterocycles. The van der Waals surface area contributed by atoms with E-state index >= 15 is 0 Å². The summed E-state index contributed by atoms with van der Waals surface area (Å²) in [5, 5.41) is 10.4. The SMILES string of the molecule is CCc1cccnc1C(O)c1ccccc1C. The molecular weight excluding hydrogens is 210 g/mol. The Bertz CT molecular complexity index is 508. The average molecular weight is 227 g/mol. The highest BCUT2D eigenvalue weighted by Gasteiger charge is 2.16. The van der Waals surface area contributed by atoms with Crippen LogP contribution in [-0.2, 0) is 6.42 Å². The third-order valence-electron chi connectivity index (χ3n) is 3.05. The van der Waals surface area contributed by atoms with Crippen molar-refractivity contribution in [3.05, 3.63) is 65.0 Å². The molecule has 1 heterocycles. The molecule has 17 heavy (non-hydrogen) atoms. The Balaban J connectivity index is 2.44. The minimum atomic E-state index is -0.632. The Kier molecular flexibility index (Phi) is 3.55. The minimum absolute atomic E-state index is 0.632. The van der Waals surface area contributed by atoms with E-state index in [1.165, 1.54) is 0 Å².